The molecule has 0 saturated heterocycles. The van der Waals surface area contributed by atoms with E-state index in [0.717, 1.165) is 29.5 Å². The van der Waals surface area contributed by atoms with Crippen LogP contribution in [0.4, 0.5) is 11.4 Å². The Balaban J connectivity index is 2.09. The Kier molecular flexibility index (Phi) is 3.50. The molecule has 0 N–H and O–H groups in total. The van der Waals surface area contributed by atoms with Crippen molar-refractivity contribution in [3.63, 3.8) is 0 Å². The van der Waals surface area contributed by atoms with Crippen LogP contribution in [-0.4, -0.2) is 6.54 Å². The van der Waals surface area contributed by atoms with E-state index in [9.17, 15) is 0 Å². The summed E-state index contributed by atoms with van der Waals surface area (Å²) in [5.74, 6) is 0. The van der Waals surface area contributed by atoms with E-state index in [0.29, 0.717) is 5.56 Å². The van der Waals surface area contributed by atoms with Gasteiger partial charge in [0, 0.05) is 22.4 Å². The fourth-order valence-electron chi connectivity index (χ4n) is 2.79. The molecule has 0 aliphatic carbocycles. The van der Waals surface area contributed by atoms with Crippen molar-refractivity contribution in [1.82, 2.24) is 0 Å². The van der Waals surface area contributed by atoms with Gasteiger partial charge in [0.2, 0.25) is 0 Å². The number of aryl methyl sites for hydroxylation is 2. The molecule has 2 aromatic rings. The molecule has 20 heavy (non-hydrogen) atoms. The number of hydrogen-bond acceptors (Lipinski definition) is 2. The van der Waals surface area contributed by atoms with Crippen LogP contribution >= 0.6 is 15.9 Å². The molecular weight excluding hydrogens is 312 g/mol. The maximum atomic E-state index is 9.13. The highest BCUT2D eigenvalue weighted by Crippen LogP contribution is 2.35. The predicted molar refractivity (Wildman–Crippen MR) is 85.4 cm³/mol. The van der Waals surface area contributed by atoms with Gasteiger partial charge in [-0.2, -0.15) is 5.26 Å². The van der Waals surface area contributed by atoms with Crippen molar-refractivity contribution < 1.29 is 0 Å². The van der Waals surface area contributed by atoms with Crippen molar-refractivity contribution in [3.8, 4) is 6.07 Å². The monoisotopic (exact) mass is 326 g/mol. The molecule has 3 heteroatoms. The summed E-state index contributed by atoms with van der Waals surface area (Å²) in [6.45, 7) is 3.13. The normalized spacial score (nSPS) is 13.8. The van der Waals surface area contributed by atoms with Crippen LogP contribution in [0.1, 0.15) is 23.1 Å². The molecule has 0 fully saturated rings. The summed E-state index contributed by atoms with van der Waals surface area (Å²) in [7, 11) is 0. The standard InChI is InChI=1S/C17H15BrN2/c1-12-4-5-17-14(7-12)3-2-6-20(17)16-9-13(11-19)8-15(18)10-16/h4-5,7-10H,2-3,6H2,1H3. The first kappa shape index (κ1) is 13.2. The highest BCUT2D eigenvalue weighted by Gasteiger charge is 2.18. The highest BCUT2D eigenvalue weighted by atomic mass is 79.9. The second-order valence-electron chi connectivity index (χ2n) is 5.20. The average molecular weight is 327 g/mol. The Morgan fingerprint density at radius 3 is 2.85 bits per heavy atom. The van der Waals surface area contributed by atoms with Crippen LogP contribution in [-0.2, 0) is 6.42 Å². The number of anilines is 2. The Labute approximate surface area is 127 Å². The lowest BCUT2D eigenvalue weighted by Gasteiger charge is -2.32. The molecule has 0 spiro atoms. The van der Waals surface area contributed by atoms with Gasteiger partial charge >= 0.3 is 0 Å². The number of halogens is 1. The lowest BCUT2D eigenvalue weighted by molar-refractivity contribution is 0.766. The lowest BCUT2D eigenvalue weighted by atomic mass is 9.99. The van der Waals surface area contributed by atoms with E-state index in [4.69, 9.17) is 5.26 Å². The summed E-state index contributed by atoms with van der Waals surface area (Å²) in [5, 5.41) is 9.13. The SMILES string of the molecule is Cc1ccc2c(c1)CCCN2c1cc(Br)cc(C#N)c1. The van der Waals surface area contributed by atoms with E-state index in [1.54, 1.807) is 0 Å². The van der Waals surface area contributed by atoms with Crippen LogP contribution in [0.2, 0.25) is 0 Å². The quantitative estimate of drug-likeness (QED) is 0.758. The minimum absolute atomic E-state index is 0.689. The number of nitrogens with zero attached hydrogens (tertiary/aromatic N) is 2. The van der Waals surface area contributed by atoms with E-state index < -0.39 is 0 Å². The molecule has 2 aromatic carbocycles. The minimum atomic E-state index is 0.689. The Hall–Kier alpha value is -1.79. The summed E-state index contributed by atoms with van der Waals surface area (Å²) in [6, 6.07) is 14.7. The molecule has 100 valence electrons. The van der Waals surface area contributed by atoms with Crippen LogP contribution in [0, 0.1) is 18.3 Å². The van der Waals surface area contributed by atoms with Crippen molar-refractivity contribution in [2.45, 2.75) is 19.8 Å². The van der Waals surface area contributed by atoms with Crippen LogP contribution in [0.3, 0.4) is 0 Å². The van der Waals surface area contributed by atoms with Gasteiger partial charge in [0.25, 0.3) is 0 Å². The van der Waals surface area contributed by atoms with Gasteiger partial charge in [0.15, 0.2) is 0 Å². The largest absolute Gasteiger partial charge is 0.341 e. The maximum absolute atomic E-state index is 9.13. The van der Waals surface area contributed by atoms with Crippen LogP contribution in [0.25, 0.3) is 0 Å². The summed E-state index contributed by atoms with van der Waals surface area (Å²) >= 11 is 3.49. The number of nitriles is 1. The first-order chi connectivity index (χ1) is 9.67. The topological polar surface area (TPSA) is 27.0 Å². The zero-order valence-electron chi connectivity index (χ0n) is 11.4. The number of fused-ring (bicyclic) bond motifs is 1. The van der Waals surface area contributed by atoms with Gasteiger partial charge in [-0.3, -0.25) is 0 Å². The summed E-state index contributed by atoms with van der Waals surface area (Å²) in [6.07, 6.45) is 2.28. The molecule has 1 aliphatic heterocycles. The zero-order chi connectivity index (χ0) is 14.1. The van der Waals surface area contributed by atoms with Crippen molar-refractivity contribution >= 4 is 27.3 Å². The molecule has 2 nitrogen and oxygen atoms in total. The molecule has 0 aromatic heterocycles. The lowest BCUT2D eigenvalue weighted by Crippen LogP contribution is -2.24. The zero-order valence-corrected chi connectivity index (χ0v) is 12.9. The van der Waals surface area contributed by atoms with Gasteiger partial charge in [-0.05, 0) is 49.6 Å². The van der Waals surface area contributed by atoms with E-state index in [-0.39, 0.29) is 0 Å². The van der Waals surface area contributed by atoms with Crippen LogP contribution in [0.5, 0.6) is 0 Å². The molecule has 0 bridgehead atoms. The first-order valence-corrected chi connectivity index (χ1v) is 7.54. The van der Waals surface area contributed by atoms with E-state index >= 15 is 0 Å². The van der Waals surface area contributed by atoms with E-state index in [1.165, 1.54) is 16.8 Å². The molecule has 0 atom stereocenters. The second-order valence-corrected chi connectivity index (χ2v) is 6.11. The number of hydrogen-bond donors (Lipinski definition) is 0. The summed E-state index contributed by atoms with van der Waals surface area (Å²) < 4.78 is 0.950. The molecule has 1 heterocycles. The van der Waals surface area contributed by atoms with E-state index in [2.05, 4.69) is 58.1 Å². The first-order valence-electron chi connectivity index (χ1n) is 6.75. The second kappa shape index (κ2) is 5.30. The third-order valence-electron chi connectivity index (χ3n) is 3.68. The molecule has 0 saturated carbocycles. The van der Waals surface area contributed by atoms with Crippen LogP contribution < -0.4 is 4.90 Å². The van der Waals surface area contributed by atoms with Gasteiger partial charge in [-0.1, -0.05) is 33.6 Å². The van der Waals surface area contributed by atoms with Crippen molar-refractivity contribution in [3.05, 3.63) is 57.6 Å². The van der Waals surface area contributed by atoms with E-state index in [1.807, 2.05) is 12.1 Å². The predicted octanol–water partition coefficient (Wildman–Crippen LogP) is 4.71. The third-order valence-corrected chi connectivity index (χ3v) is 4.13. The van der Waals surface area contributed by atoms with Crippen molar-refractivity contribution in [2.75, 3.05) is 11.4 Å². The smallest absolute Gasteiger partial charge is 0.0992 e. The fraction of sp³-hybridized carbons (Fsp3) is 0.235. The summed E-state index contributed by atoms with van der Waals surface area (Å²) in [5.41, 5.74) is 5.74. The molecule has 0 radical (unpaired) electrons. The summed E-state index contributed by atoms with van der Waals surface area (Å²) in [4.78, 5) is 2.31. The van der Waals surface area contributed by atoms with Crippen molar-refractivity contribution in [2.24, 2.45) is 0 Å². The van der Waals surface area contributed by atoms with Gasteiger partial charge in [-0.25, -0.2) is 0 Å². The Morgan fingerprint density at radius 2 is 2.05 bits per heavy atom. The van der Waals surface area contributed by atoms with Gasteiger partial charge in [-0.15, -0.1) is 0 Å². The Morgan fingerprint density at radius 1 is 1.20 bits per heavy atom. The maximum Gasteiger partial charge on any atom is 0.0992 e. The molecular formula is C17H15BrN2. The molecule has 0 amide bonds. The Bertz CT molecular complexity index is 701. The molecule has 3 rings (SSSR count). The van der Waals surface area contributed by atoms with Crippen molar-refractivity contribution in [1.29, 1.82) is 5.26 Å². The van der Waals surface area contributed by atoms with Gasteiger partial charge in [0.05, 0.1) is 11.6 Å². The minimum Gasteiger partial charge on any atom is -0.341 e. The molecule has 0 unspecified atom stereocenters. The fourth-order valence-corrected chi connectivity index (χ4v) is 3.27. The van der Waals surface area contributed by atoms with Gasteiger partial charge in [0.1, 0.15) is 0 Å². The molecule has 1 aliphatic rings. The third kappa shape index (κ3) is 2.44. The van der Waals surface area contributed by atoms with Crippen LogP contribution in [0.15, 0.2) is 40.9 Å². The number of rotatable bonds is 1. The average Bonchev–Trinajstić information content (AvgIpc) is 2.45. The highest BCUT2D eigenvalue weighted by molar-refractivity contribution is 9.10. The van der Waals surface area contributed by atoms with Gasteiger partial charge < -0.3 is 4.90 Å². The number of benzene rings is 2.